The van der Waals surface area contributed by atoms with Crippen molar-refractivity contribution in [3.05, 3.63) is 27.6 Å². The van der Waals surface area contributed by atoms with E-state index in [4.69, 9.17) is 11.6 Å². The molecule has 0 aromatic carbocycles. The maximum atomic E-state index is 11.4. The Labute approximate surface area is 89.7 Å². The van der Waals surface area contributed by atoms with Gasteiger partial charge in [-0.1, -0.05) is 11.6 Å². The van der Waals surface area contributed by atoms with Crippen LogP contribution in [0.2, 0.25) is 5.02 Å². The number of Topliss-reactive ketones (excluding diaryl/α,β-unsaturated/α-hetero) is 1. The molecule has 0 aliphatic carbocycles. The standard InChI is InChI=1S/C9H7ClN2O3/c10-5-1-7(9(15)11-3-5)12-4-6(13)2-8(12)14/h1,3H,2,4H2,(H,11,15). The lowest BCUT2D eigenvalue weighted by molar-refractivity contribution is -0.121. The van der Waals surface area contributed by atoms with Gasteiger partial charge in [-0.25, -0.2) is 0 Å². The second kappa shape index (κ2) is 3.51. The fourth-order valence-corrected chi connectivity index (χ4v) is 1.61. The fourth-order valence-electron chi connectivity index (χ4n) is 1.45. The van der Waals surface area contributed by atoms with E-state index in [2.05, 4.69) is 4.98 Å². The molecule has 1 amide bonds. The summed E-state index contributed by atoms with van der Waals surface area (Å²) in [6, 6.07) is 1.37. The van der Waals surface area contributed by atoms with Gasteiger partial charge in [0, 0.05) is 6.20 Å². The molecular weight excluding hydrogens is 220 g/mol. The Morgan fingerprint density at radius 2 is 2.07 bits per heavy atom. The molecule has 5 nitrogen and oxygen atoms in total. The number of carbonyl (C=O) groups excluding carboxylic acids is 2. The van der Waals surface area contributed by atoms with E-state index in [1.807, 2.05) is 0 Å². The molecule has 78 valence electrons. The van der Waals surface area contributed by atoms with Crippen LogP contribution in [0.1, 0.15) is 6.42 Å². The monoisotopic (exact) mass is 226 g/mol. The summed E-state index contributed by atoms with van der Waals surface area (Å²) in [5.74, 6) is -0.563. The third kappa shape index (κ3) is 1.78. The van der Waals surface area contributed by atoms with Crippen molar-refractivity contribution in [2.24, 2.45) is 0 Å². The van der Waals surface area contributed by atoms with Crippen LogP contribution in [0.15, 0.2) is 17.1 Å². The van der Waals surface area contributed by atoms with Crippen LogP contribution in [0, 0.1) is 0 Å². The molecule has 1 aliphatic rings. The first kappa shape index (κ1) is 9.92. The number of rotatable bonds is 1. The quantitative estimate of drug-likeness (QED) is 0.702. The van der Waals surface area contributed by atoms with Gasteiger partial charge in [-0.15, -0.1) is 0 Å². The van der Waals surface area contributed by atoms with Crippen LogP contribution in [-0.4, -0.2) is 23.2 Å². The number of nitrogens with zero attached hydrogens (tertiary/aromatic N) is 1. The van der Waals surface area contributed by atoms with Gasteiger partial charge in [0.05, 0.1) is 18.0 Å². The van der Waals surface area contributed by atoms with Crippen LogP contribution in [0.5, 0.6) is 0 Å². The van der Waals surface area contributed by atoms with Crippen LogP contribution >= 0.6 is 11.6 Å². The predicted octanol–water partition coefficient (Wildman–Crippen LogP) is 0.334. The second-order valence-corrected chi connectivity index (χ2v) is 3.66. The molecule has 0 saturated carbocycles. The van der Waals surface area contributed by atoms with Gasteiger partial charge >= 0.3 is 0 Å². The summed E-state index contributed by atoms with van der Waals surface area (Å²) in [6.45, 7) is -0.0533. The summed E-state index contributed by atoms with van der Waals surface area (Å²) in [6.07, 6.45) is 1.18. The number of H-pyrrole nitrogens is 1. The Balaban J connectivity index is 2.46. The number of hydrogen-bond donors (Lipinski definition) is 1. The van der Waals surface area contributed by atoms with E-state index < -0.39 is 5.56 Å². The van der Waals surface area contributed by atoms with E-state index in [-0.39, 0.29) is 30.3 Å². The maximum Gasteiger partial charge on any atom is 0.272 e. The van der Waals surface area contributed by atoms with Crippen molar-refractivity contribution >= 4 is 29.0 Å². The molecule has 2 rings (SSSR count). The van der Waals surface area contributed by atoms with Crippen molar-refractivity contribution < 1.29 is 9.59 Å². The molecule has 1 saturated heterocycles. The SMILES string of the molecule is O=C1CC(=O)N(c2cc(Cl)c[nH]c2=O)C1. The van der Waals surface area contributed by atoms with Crippen molar-refractivity contribution in [1.29, 1.82) is 0 Å². The third-order valence-electron chi connectivity index (χ3n) is 2.12. The smallest absolute Gasteiger partial charge is 0.272 e. The van der Waals surface area contributed by atoms with Gasteiger partial charge in [0.25, 0.3) is 5.56 Å². The molecule has 0 spiro atoms. The lowest BCUT2D eigenvalue weighted by Gasteiger charge is -2.12. The summed E-state index contributed by atoms with van der Waals surface area (Å²) < 4.78 is 0. The van der Waals surface area contributed by atoms with Crippen molar-refractivity contribution in [3.8, 4) is 0 Å². The molecule has 1 aromatic rings. The Morgan fingerprint density at radius 1 is 1.33 bits per heavy atom. The van der Waals surface area contributed by atoms with E-state index in [0.717, 1.165) is 4.90 Å². The van der Waals surface area contributed by atoms with E-state index in [0.29, 0.717) is 5.02 Å². The lowest BCUT2D eigenvalue weighted by atomic mass is 10.3. The molecule has 2 heterocycles. The molecule has 0 bridgehead atoms. The number of aromatic amines is 1. The van der Waals surface area contributed by atoms with Crippen LogP contribution in [-0.2, 0) is 9.59 Å². The minimum absolute atomic E-state index is 0.0533. The number of pyridine rings is 1. The summed E-state index contributed by atoms with van der Waals surface area (Å²) in [7, 11) is 0. The second-order valence-electron chi connectivity index (χ2n) is 3.23. The Morgan fingerprint density at radius 3 is 2.67 bits per heavy atom. The molecule has 1 aromatic heterocycles. The van der Waals surface area contributed by atoms with Crippen molar-refractivity contribution in [3.63, 3.8) is 0 Å². The highest BCUT2D eigenvalue weighted by atomic mass is 35.5. The first-order valence-corrected chi connectivity index (χ1v) is 4.66. The molecular formula is C9H7ClN2O3. The number of anilines is 1. The molecule has 0 radical (unpaired) electrons. The van der Waals surface area contributed by atoms with E-state index in [1.165, 1.54) is 12.3 Å². The van der Waals surface area contributed by atoms with Gasteiger partial charge in [-0.2, -0.15) is 0 Å². The average Bonchev–Trinajstić information content (AvgIpc) is 2.50. The summed E-state index contributed by atoms with van der Waals surface area (Å²) in [5.41, 5.74) is -0.305. The minimum atomic E-state index is -0.428. The van der Waals surface area contributed by atoms with Crippen LogP contribution in [0.25, 0.3) is 0 Å². The summed E-state index contributed by atoms with van der Waals surface area (Å²) in [5, 5.41) is 0.316. The van der Waals surface area contributed by atoms with Gasteiger partial charge in [-0.05, 0) is 6.07 Å². The number of nitrogens with one attached hydrogen (secondary N) is 1. The number of carbonyl (C=O) groups is 2. The lowest BCUT2D eigenvalue weighted by Crippen LogP contribution is -2.30. The molecule has 0 unspecified atom stereocenters. The zero-order valence-corrected chi connectivity index (χ0v) is 8.37. The van der Waals surface area contributed by atoms with Gasteiger partial charge in [0.2, 0.25) is 5.91 Å². The minimum Gasteiger partial charge on any atom is -0.326 e. The maximum absolute atomic E-state index is 11.4. The number of hydrogen-bond acceptors (Lipinski definition) is 3. The van der Waals surface area contributed by atoms with E-state index in [9.17, 15) is 14.4 Å². The Hall–Kier alpha value is -1.62. The molecule has 1 fully saturated rings. The van der Waals surface area contributed by atoms with E-state index >= 15 is 0 Å². The highest BCUT2D eigenvalue weighted by molar-refractivity contribution is 6.30. The van der Waals surface area contributed by atoms with Crippen LogP contribution in [0.4, 0.5) is 5.69 Å². The Bertz CT molecular complexity index is 494. The highest BCUT2D eigenvalue weighted by Gasteiger charge is 2.30. The van der Waals surface area contributed by atoms with Crippen molar-refractivity contribution in [2.45, 2.75) is 6.42 Å². The molecule has 6 heteroatoms. The third-order valence-corrected chi connectivity index (χ3v) is 2.34. The number of halogens is 1. The van der Waals surface area contributed by atoms with Gasteiger partial charge < -0.3 is 4.98 Å². The van der Waals surface area contributed by atoms with Crippen LogP contribution < -0.4 is 10.5 Å². The normalized spacial score (nSPS) is 16.2. The molecule has 1 aliphatic heterocycles. The summed E-state index contributed by atoms with van der Waals surface area (Å²) >= 11 is 5.69. The predicted molar refractivity (Wildman–Crippen MR) is 54.0 cm³/mol. The van der Waals surface area contributed by atoms with Crippen molar-refractivity contribution in [1.82, 2.24) is 4.98 Å². The zero-order valence-electron chi connectivity index (χ0n) is 7.62. The zero-order chi connectivity index (χ0) is 11.0. The number of aromatic nitrogens is 1. The van der Waals surface area contributed by atoms with Crippen LogP contribution in [0.3, 0.4) is 0 Å². The summed E-state index contributed by atoms with van der Waals surface area (Å²) in [4.78, 5) is 37.3. The van der Waals surface area contributed by atoms with Gasteiger partial charge in [0.15, 0.2) is 5.78 Å². The largest absolute Gasteiger partial charge is 0.326 e. The van der Waals surface area contributed by atoms with Crippen molar-refractivity contribution in [2.75, 3.05) is 11.4 Å². The number of ketones is 1. The first-order valence-electron chi connectivity index (χ1n) is 4.28. The topological polar surface area (TPSA) is 70.2 Å². The fraction of sp³-hybridized carbons (Fsp3) is 0.222. The highest BCUT2D eigenvalue weighted by Crippen LogP contribution is 2.18. The van der Waals surface area contributed by atoms with Gasteiger partial charge in [0.1, 0.15) is 5.69 Å². The van der Waals surface area contributed by atoms with E-state index in [1.54, 1.807) is 0 Å². The van der Waals surface area contributed by atoms with Gasteiger partial charge in [-0.3, -0.25) is 19.3 Å². The molecule has 15 heavy (non-hydrogen) atoms. The number of amides is 1. The molecule has 1 N–H and O–H groups in total. The Kier molecular flexibility index (Phi) is 2.32. The average molecular weight is 227 g/mol. The molecule has 0 atom stereocenters. The first-order chi connectivity index (χ1) is 7.08.